The summed E-state index contributed by atoms with van der Waals surface area (Å²) < 4.78 is 41.7. The van der Waals surface area contributed by atoms with Gasteiger partial charge in [-0.25, -0.2) is 9.97 Å². The van der Waals surface area contributed by atoms with E-state index >= 15 is 0 Å². The first-order valence-electron chi connectivity index (χ1n) is 14.5. The smallest absolute Gasteiger partial charge is 0.351 e. The van der Waals surface area contributed by atoms with Crippen LogP contribution < -0.4 is 10.6 Å². The van der Waals surface area contributed by atoms with E-state index in [1.807, 2.05) is 14.0 Å². The first-order valence-corrected chi connectivity index (χ1v) is 14.5. The summed E-state index contributed by atoms with van der Waals surface area (Å²) in [6.07, 6.45) is 2.13. The molecule has 0 bridgehead atoms. The van der Waals surface area contributed by atoms with Crippen LogP contribution in [-0.2, 0) is 17.4 Å². The van der Waals surface area contributed by atoms with Crippen molar-refractivity contribution in [2.75, 3.05) is 32.5 Å². The van der Waals surface area contributed by atoms with E-state index in [-0.39, 0.29) is 53.3 Å². The number of carbonyl (C=O) groups is 2. The minimum atomic E-state index is -4.60. The van der Waals surface area contributed by atoms with Crippen molar-refractivity contribution in [2.45, 2.75) is 76.0 Å². The molecule has 5 rings (SSSR count). The van der Waals surface area contributed by atoms with E-state index in [2.05, 4.69) is 32.5 Å². The van der Waals surface area contributed by atoms with Gasteiger partial charge in [0, 0.05) is 42.0 Å². The second kappa shape index (κ2) is 11.6. The molecule has 11 heteroatoms. The summed E-state index contributed by atoms with van der Waals surface area (Å²) in [5.74, 6) is -0.625. The van der Waals surface area contributed by atoms with Crippen LogP contribution in [-0.4, -0.2) is 70.3 Å². The number of rotatable bonds is 8. The predicted octanol–water partition coefficient (Wildman–Crippen LogP) is 5.03. The van der Waals surface area contributed by atoms with Gasteiger partial charge in [0.15, 0.2) is 0 Å². The SMILES string of the molecule is CN1CCC(N(C)C(=O)c2ccc(Nc3ncc(C(F)(F)F)c(C[C@@H]4CCC[C@@H]4C(=O)NC4(C)CC4)n3)cc2)CC1. The summed E-state index contributed by atoms with van der Waals surface area (Å²) in [5.41, 5.74) is -0.0535. The van der Waals surface area contributed by atoms with Crippen molar-refractivity contribution < 1.29 is 22.8 Å². The highest BCUT2D eigenvalue weighted by molar-refractivity contribution is 5.94. The average Bonchev–Trinajstić information content (AvgIpc) is 3.46. The van der Waals surface area contributed by atoms with Crippen molar-refractivity contribution in [3.05, 3.63) is 47.3 Å². The van der Waals surface area contributed by atoms with Crippen LogP contribution in [0.2, 0.25) is 0 Å². The average molecular weight is 573 g/mol. The largest absolute Gasteiger partial charge is 0.419 e. The fraction of sp³-hybridized carbons (Fsp3) is 0.600. The normalized spacial score (nSPS) is 22.8. The summed E-state index contributed by atoms with van der Waals surface area (Å²) in [6, 6.07) is 6.99. The molecule has 8 nitrogen and oxygen atoms in total. The lowest BCUT2D eigenvalue weighted by Crippen LogP contribution is -2.44. The molecule has 1 aliphatic heterocycles. The molecule has 2 aromatic rings. The molecule has 3 aliphatic rings. The lowest BCUT2D eigenvalue weighted by Gasteiger charge is -2.35. The number of nitrogens with zero attached hydrogens (tertiary/aromatic N) is 4. The highest BCUT2D eigenvalue weighted by Crippen LogP contribution is 2.40. The second-order valence-electron chi connectivity index (χ2n) is 12.3. The van der Waals surface area contributed by atoms with Crippen molar-refractivity contribution in [1.29, 1.82) is 0 Å². The first-order chi connectivity index (χ1) is 19.4. The number of halogens is 3. The number of hydrogen-bond donors (Lipinski definition) is 2. The van der Waals surface area contributed by atoms with Gasteiger partial charge in [-0.3, -0.25) is 9.59 Å². The van der Waals surface area contributed by atoms with E-state index in [1.165, 1.54) is 0 Å². The molecule has 0 unspecified atom stereocenters. The summed E-state index contributed by atoms with van der Waals surface area (Å²) in [7, 11) is 3.90. The Morgan fingerprint density at radius 3 is 2.41 bits per heavy atom. The zero-order valence-corrected chi connectivity index (χ0v) is 23.9. The van der Waals surface area contributed by atoms with E-state index in [1.54, 1.807) is 29.2 Å². The van der Waals surface area contributed by atoms with E-state index in [0.717, 1.165) is 51.4 Å². The topological polar surface area (TPSA) is 90.5 Å². The molecule has 1 saturated heterocycles. The highest BCUT2D eigenvalue weighted by Gasteiger charge is 2.43. The molecule has 2 heterocycles. The fourth-order valence-electron chi connectivity index (χ4n) is 6.02. The number of benzene rings is 1. The van der Waals surface area contributed by atoms with Gasteiger partial charge in [0.05, 0.1) is 11.3 Å². The lowest BCUT2D eigenvalue weighted by atomic mass is 9.89. The Morgan fingerprint density at radius 1 is 1.10 bits per heavy atom. The van der Waals surface area contributed by atoms with E-state index in [4.69, 9.17) is 0 Å². The van der Waals surface area contributed by atoms with E-state index in [0.29, 0.717) is 24.1 Å². The van der Waals surface area contributed by atoms with Gasteiger partial charge < -0.3 is 20.4 Å². The standard InChI is InChI=1S/C30H39F3N6O2/c1-29(13-14-29)37-26(40)23-6-4-5-20(23)17-25-24(30(31,32)33)18-34-28(36-25)35-21-9-7-19(8-10-21)27(41)39(3)22-11-15-38(2)16-12-22/h7-10,18,20,22-23H,4-6,11-17H2,1-3H3,(H,37,40)(H,34,35,36)/t20-,23-/m0/s1. The van der Waals surface area contributed by atoms with Crippen molar-refractivity contribution in [1.82, 2.24) is 25.1 Å². The second-order valence-corrected chi connectivity index (χ2v) is 12.3. The third-order valence-corrected chi connectivity index (χ3v) is 8.99. The summed E-state index contributed by atoms with van der Waals surface area (Å²) >= 11 is 0. The van der Waals surface area contributed by atoms with Crippen molar-refractivity contribution >= 4 is 23.5 Å². The number of nitrogens with one attached hydrogen (secondary N) is 2. The van der Waals surface area contributed by atoms with Gasteiger partial charge in [-0.05, 0) is 102 Å². The molecular formula is C30H39F3N6O2. The number of aromatic nitrogens is 2. The Bertz CT molecular complexity index is 1260. The molecule has 2 atom stereocenters. The molecule has 2 N–H and O–H groups in total. The molecule has 222 valence electrons. The zero-order chi connectivity index (χ0) is 29.4. The molecule has 2 amide bonds. The molecule has 2 saturated carbocycles. The van der Waals surface area contributed by atoms with Crippen LogP contribution in [0.1, 0.15) is 73.5 Å². The lowest BCUT2D eigenvalue weighted by molar-refractivity contribution is -0.138. The van der Waals surface area contributed by atoms with Crippen molar-refractivity contribution in [3.63, 3.8) is 0 Å². The number of hydrogen-bond acceptors (Lipinski definition) is 6. The zero-order valence-electron chi connectivity index (χ0n) is 23.9. The van der Waals surface area contributed by atoms with Crippen LogP contribution in [0.4, 0.5) is 24.8 Å². The number of piperidine rings is 1. The molecule has 1 aromatic carbocycles. The van der Waals surface area contributed by atoms with Gasteiger partial charge in [0.2, 0.25) is 11.9 Å². The molecule has 0 radical (unpaired) electrons. The van der Waals surface area contributed by atoms with Crippen LogP contribution in [0.3, 0.4) is 0 Å². The van der Waals surface area contributed by atoms with Crippen LogP contribution in [0.15, 0.2) is 30.5 Å². The van der Waals surface area contributed by atoms with Gasteiger partial charge in [0.1, 0.15) is 0 Å². The van der Waals surface area contributed by atoms with E-state index in [9.17, 15) is 22.8 Å². The van der Waals surface area contributed by atoms with Crippen LogP contribution in [0.25, 0.3) is 0 Å². The quantitative estimate of drug-likeness (QED) is 0.461. The first kappa shape index (κ1) is 29.3. The predicted molar refractivity (Wildman–Crippen MR) is 150 cm³/mol. The van der Waals surface area contributed by atoms with Crippen LogP contribution >= 0.6 is 0 Å². The van der Waals surface area contributed by atoms with Gasteiger partial charge in [0.25, 0.3) is 5.91 Å². The van der Waals surface area contributed by atoms with Gasteiger partial charge in [-0.2, -0.15) is 13.2 Å². The molecule has 41 heavy (non-hydrogen) atoms. The van der Waals surface area contributed by atoms with Crippen molar-refractivity contribution in [2.24, 2.45) is 11.8 Å². The molecule has 1 aromatic heterocycles. The highest BCUT2D eigenvalue weighted by atomic mass is 19.4. The Balaban J connectivity index is 1.28. The summed E-state index contributed by atoms with van der Waals surface area (Å²) in [4.78, 5) is 38.2. The number of carbonyl (C=O) groups excluding carboxylic acids is 2. The maximum Gasteiger partial charge on any atom is 0.419 e. The molecular weight excluding hydrogens is 533 g/mol. The monoisotopic (exact) mass is 572 g/mol. The molecule has 0 spiro atoms. The van der Waals surface area contributed by atoms with Crippen LogP contribution in [0.5, 0.6) is 0 Å². The minimum Gasteiger partial charge on any atom is -0.351 e. The molecule has 2 aliphatic carbocycles. The maximum absolute atomic E-state index is 13.9. The number of alkyl halides is 3. The number of amides is 2. The molecule has 3 fully saturated rings. The number of anilines is 2. The number of likely N-dealkylation sites (tertiary alicyclic amines) is 1. The third-order valence-electron chi connectivity index (χ3n) is 8.99. The Morgan fingerprint density at radius 2 is 1.78 bits per heavy atom. The third kappa shape index (κ3) is 6.99. The van der Waals surface area contributed by atoms with Crippen molar-refractivity contribution in [3.8, 4) is 0 Å². The van der Waals surface area contributed by atoms with Gasteiger partial charge >= 0.3 is 6.18 Å². The van der Waals surface area contributed by atoms with E-state index < -0.39 is 11.7 Å². The Labute approximate surface area is 239 Å². The van der Waals surface area contributed by atoms with Gasteiger partial charge in [-0.15, -0.1) is 0 Å². The summed E-state index contributed by atoms with van der Waals surface area (Å²) in [6.45, 7) is 3.90. The minimum absolute atomic E-state index is 0.0417. The van der Waals surface area contributed by atoms with Gasteiger partial charge in [-0.1, -0.05) is 6.42 Å². The summed E-state index contributed by atoms with van der Waals surface area (Å²) in [5, 5.41) is 6.07. The fourth-order valence-corrected chi connectivity index (χ4v) is 6.02. The maximum atomic E-state index is 13.9. The Hall–Kier alpha value is -3.21. The van der Waals surface area contributed by atoms with Crippen LogP contribution in [0, 0.1) is 11.8 Å². The Kier molecular flexibility index (Phi) is 8.27.